The zero-order valence-electron chi connectivity index (χ0n) is 10.9. The van der Waals surface area contributed by atoms with Crippen LogP contribution in [0.5, 0.6) is 0 Å². The maximum atomic E-state index is 11.8. The Morgan fingerprint density at radius 1 is 1.53 bits per heavy atom. The van der Waals surface area contributed by atoms with Crippen LogP contribution in [-0.2, 0) is 18.4 Å². The monoisotopic (exact) mass is 266 g/mol. The van der Waals surface area contributed by atoms with Crippen LogP contribution >= 0.6 is 0 Å². The topological polar surface area (TPSA) is 85.1 Å². The Kier molecular flexibility index (Phi) is 4.16. The fourth-order valence-corrected chi connectivity index (χ4v) is 2.14. The van der Waals surface area contributed by atoms with Crippen molar-refractivity contribution in [3.05, 3.63) is 33.1 Å². The van der Waals surface area contributed by atoms with Crippen molar-refractivity contribution in [2.45, 2.75) is 25.4 Å². The van der Waals surface area contributed by atoms with Crippen molar-refractivity contribution >= 4 is 5.91 Å². The highest BCUT2D eigenvalue weighted by molar-refractivity contribution is 5.76. The van der Waals surface area contributed by atoms with Gasteiger partial charge >= 0.3 is 5.69 Å². The van der Waals surface area contributed by atoms with Crippen molar-refractivity contribution in [2.75, 3.05) is 13.1 Å². The largest absolute Gasteiger partial charge is 0.351 e. The molecule has 0 radical (unpaired) electrons. The maximum absolute atomic E-state index is 11.8. The molecule has 104 valence electrons. The Balaban J connectivity index is 2.01. The lowest BCUT2D eigenvalue weighted by Crippen LogP contribution is -2.47. The van der Waals surface area contributed by atoms with Crippen LogP contribution in [0.2, 0.25) is 0 Å². The average Bonchev–Trinajstić information content (AvgIpc) is 2.41. The highest BCUT2D eigenvalue weighted by atomic mass is 16.2. The highest BCUT2D eigenvalue weighted by Gasteiger charge is 2.15. The number of piperidine rings is 1. The number of nitrogens with one attached hydrogen (secondary N) is 2. The van der Waals surface area contributed by atoms with Gasteiger partial charge in [0.2, 0.25) is 5.91 Å². The third-order valence-corrected chi connectivity index (χ3v) is 3.24. The van der Waals surface area contributed by atoms with E-state index in [1.807, 2.05) is 0 Å². The minimum Gasteiger partial charge on any atom is -0.351 e. The van der Waals surface area contributed by atoms with Crippen LogP contribution in [0.25, 0.3) is 0 Å². The van der Waals surface area contributed by atoms with Crippen LogP contribution in [0.4, 0.5) is 0 Å². The predicted molar refractivity (Wildman–Crippen MR) is 70.0 cm³/mol. The molecule has 1 atom stereocenters. The molecule has 1 aliphatic rings. The second-order valence-corrected chi connectivity index (χ2v) is 4.73. The molecule has 2 heterocycles. The lowest BCUT2D eigenvalue weighted by molar-refractivity contribution is -0.122. The van der Waals surface area contributed by atoms with Gasteiger partial charge in [0.15, 0.2) is 0 Å². The zero-order valence-corrected chi connectivity index (χ0v) is 10.9. The molecule has 7 nitrogen and oxygen atoms in total. The molecule has 2 N–H and O–H groups in total. The van der Waals surface area contributed by atoms with Crippen molar-refractivity contribution in [1.82, 2.24) is 19.8 Å². The Hall–Kier alpha value is -1.89. The van der Waals surface area contributed by atoms with Gasteiger partial charge < -0.3 is 10.6 Å². The Bertz CT molecular complexity index is 569. The summed E-state index contributed by atoms with van der Waals surface area (Å²) in [6.45, 7) is 1.67. The van der Waals surface area contributed by atoms with Gasteiger partial charge in [-0.2, -0.15) is 0 Å². The average molecular weight is 266 g/mol. The summed E-state index contributed by atoms with van der Waals surface area (Å²) >= 11 is 0. The molecule has 19 heavy (non-hydrogen) atoms. The van der Waals surface area contributed by atoms with Crippen LogP contribution in [0.3, 0.4) is 0 Å². The molecule has 1 unspecified atom stereocenters. The van der Waals surface area contributed by atoms with Crippen LogP contribution < -0.4 is 21.9 Å². The van der Waals surface area contributed by atoms with Crippen molar-refractivity contribution < 1.29 is 4.79 Å². The second kappa shape index (κ2) is 5.83. The molecular weight excluding hydrogens is 248 g/mol. The van der Waals surface area contributed by atoms with Gasteiger partial charge in [-0.25, -0.2) is 4.79 Å². The normalized spacial score (nSPS) is 19.1. The summed E-state index contributed by atoms with van der Waals surface area (Å²) in [4.78, 5) is 34.8. The van der Waals surface area contributed by atoms with Gasteiger partial charge in [-0.15, -0.1) is 0 Å². The van der Waals surface area contributed by atoms with Gasteiger partial charge in [0.1, 0.15) is 6.54 Å². The summed E-state index contributed by atoms with van der Waals surface area (Å²) in [5.74, 6) is -0.213. The fourth-order valence-electron chi connectivity index (χ4n) is 2.14. The number of aromatic nitrogens is 2. The third kappa shape index (κ3) is 3.31. The van der Waals surface area contributed by atoms with Gasteiger partial charge in [-0.3, -0.25) is 18.7 Å². The van der Waals surface area contributed by atoms with Gasteiger partial charge in [0.05, 0.1) is 0 Å². The molecule has 0 saturated carbocycles. The van der Waals surface area contributed by atoms with E-state index in [9.17, 15) is 14.4 Å². The van der Waals surface area contributed by atoms with Crippen molar-refractivity contribution in [1.29, 1.82) is 0 Å². The van der Waals surface area contributed by atoms with E-state index in [1.54, 1.807) is 0 Å². The number of carbonyl (C=O) groups excluding carboxylic acids is 1. The summed E-state index contributed by atoms with van der Waals surface area (Å²) in [6.07, 6.45) is 3.33. The first-order valence-corrected chi connectivity index (χ1v) is 6.34. The molecule has 1 amide bonds. The van der Waals surface area contributed by atoms with E-state index in [-0.39, 0.29) is 24.1 Å². The molecule has 1 saturated heterocycles. The van der Waals surface area contributed by atoms with Crippen LogP contribution in [0, 0.1) is 0 Å². The first-order valence-electron chi connectivity index (χ1n) is 6.34. The summed E-state index contributed by atoms with van der Waals surface area (Å²) in [6, 6.07) is 1.39. The molecule has 0 aliphatic carbocycles. The minimum atomic E-state index is -0.482. The first kappa shape index (κ1) is 13.5. The molecule has 1 aromatic rings. The Morgan fingerprint density at radius 2 is 2.32 bits per heavy atom. The van der Waals surface area contributed by atoms with Crippen molar-refractivity contribution in [3.8, 4) is 0 Å². The van der Waals surface area contributed by atoms with Crippen molar-refractivity contribution in [2.24, 2.45) is 7.05 Å². The SMILES string of the molecule is Cn1c(=O)ccn(CC(=O)NC2CCCNC2)c1=O. The molecule has 1 aromatic heterocycles. The number of carbonyl (C=O) groups is 1. The number of rotatable bonds is 3. The van der Waals surface area contributed by atoms with E-state index in [0.29, 0.717) is 0 Å². The number of hydrogen-bond acceptors (Lipinski definition) is 4. The molecule has 1 fully saturated rings. The molecule has 0 spiro atoms. The first-order chi connectivity index (χ1) is 9.08. The van der Waals surface area contributed by atoms with E-state index in [1.165, 1.54) is 23.9 Å². The van der Waals surface area contributed by atoms with E-state index >= 15 is 0 Å². The lowest BCUT2D eigenvalue weighted by Gasteiger charge is -2.23. The molecule has 2 rings (SSSR count). The standard InChI is InChI=1S/C12H18N4O3/c1-15-11(18)4-6-16(12(15)19)8-10(17)14-9-3-2-5-13-7-9/h4,6,9,13H,2-3,5,7-8H2,1H3,(H,14,17). The minimum absolute atomic E-state index is 0.0660. The smallest absolute Gasteiger partial charge is 0.331 e. The van der Waals surface area contributed by atoms with E-state index in [2.05, 4.69) is 10.6 Å². The van der Waals surface area contributed by atoms with Crippen molar-refractivity contribution in [3.63, 3.8) is 0 Å². The maximum Gasteiger partial charge on any atom is 0.331 e. The lowest BCUT2D eigenvalue weighted by atomic mass is 10.1. The fraction of sp³-hybridized carbons (Fsp3) is 0.583. The third-order valence-electron chi connectivity index (χ3n) is 3.24. The van der Waals surface area contributed by atoms with E-state index in [0.717, 1.165) is 30.5 Å². The quantitative estimate of drug-likeness (QED) is 0.691. The van der Waals surface area contributed by atoms with Gasteiger partial charge in [-0.1, -0.05) is 0 Å². The van der Waals surface area contributed by atoms with Crippen LogP contribution in [0.15, 0.2) is 21.9 Å². The number of nitrogens with zero attached hydrogens (tertiary/aromatic N) is 2. The summed E-state index contributed by atoms with van der Waals surface area (Å²) < 4.78 is 2.21. The number of amides is 1. The molecule has 0 aromatic carbocycles. The molecule has 0 bridgehead atoms. The second-order valence-electron chi connectivity index (χ2n) is 4.73. The zero-order chi connectivity index (χ0) is 13.8. The van der Waals surface area contributed by atoms with Crippen LogP contribution in [-0.4, -0.2) is 34.2 Å². The van der Waals surface area contributed by atoms with Gasteiger partial charge in [0, 0.05) is 31.9 Å². The molecule has 7 heteroatoms. The van der Waals surface area contributed by atoms with E-state index in [4.69, 9.17) is 0 Å². The molecular formula is C12H18N4O3. The predicted octanol–water partition coefficient (Wildman–Crippen LogP) is -1.58. The van der Waals surface area contributed by atoms with Crippen LogP contribution in [0.1, 0.15) is 12.8 Å². The summed E-state index contributed by atoms with van der Waals surface area (Å²) in [5.41, 5.74) is -0.859. The highest BCUT2D eigenvalue weighted by Crippen LogP contribution is 2.00. The number of hydrogen-bond donors (Lipinski definition) is 2. The Morgan fingerprint density at radius 3 is 3.00 bits per heavy atom. The summed E-state index contributed by atoms with van der Waals surface area (Å²) in [5, 5.41) is 6.08. The molecule has 1 aliphatic heterocycles. The Labute approximate surface area is 110 Å². The summed E-state index contributed by atoms with van der Waals surface area (Å²) in [7, 11) is 1.39. The van der Waals surface area contributed by atoms with E-state index < -0.39 is 5.69 Å². The van der Waals surface area contributed by atoms with Gasteiger partial charge in [-0.05, 0) is 19.4 Å². The van der Waals surface area contributed by atoms with Gasteiger partial charge in [0.25, 0.3) is 5.56 Å².